The molecule has 1 aliphatic rings. The van der Waals surface area contributed by atoms with Crippen molar-refractivity contribution in [2.75, 3.05) is 25.5 Å². The Morgan fingerprint density at radius 3 is 2.42 bits per heavy atom. The van der Waals surface area contributed by atoms with Crippen LogP contribution in [0.15, 0.2) is 54.6 Å². The second kappa shape index (κ2) is 8.34. The zero-order valence-corrected chi connectivity index (χ0v) is 14.8. The number of amides is 2. The minimum Gasteiger partial charge on any atom is -0.496 e. The SMILES string of the molecule is COc1ccccc1C=CC(=O)Nc1ccc(C(=O)N2CCCC2)cc1. The smallest absolute Gasteiger partial charge is 0.253 e. The summed E-state index contributed by atoms with van der Waals surface area (Å²) in [5.74, 6) is 0.521. The molecule has 2 aromatic carbocycles. The second-order valence-electron chi connectivity index (χ2n) is 6.14. The predicted octanol–water partition coefficient (Wildman–Crippen LogP) is 3.58. The number of carbonyl (C=O) groups excluding carboxylic acids is 2. The number of para-hydroxylation sites is 1. The molecule has 0 saturated carbocycles. The van der Waals surface area contributed by atoms with Crippen molar-refractivity contribution in [3.05, 3.63) is 65.7 Å². The van der Waals surface area contributed by atoms with E-state index in [0.717, 1.165) is 31.5 Å². The topological polar surface area (TPSA) is 58.6 Å². The molecule has 0 bridgehead atoms. The minimum absolute atomic E-state index is 0.0523. The van der Waals surface area contributed by atoms with E-state index in [1.807, 2.05) is 29.2 Å². The van der Waals surface area contributed by atoms with Gasteiger partial charge in [0.15, 0.2) is 0 Å². The van der Waals surface area contributed by atoms with Gasteiger partial charge in [-0.3, -0.25) is 9.59 Å². The number of methoxy groups -OCH3 is 1. The van der Waals surface area contributed by atoms with Gasteiger partial charge in [0.1, 0.15) is 5.75 Å². The van der Waals surface area contributed by atoms with E-state index in [9.17, 15) is 9.59 Å². The summed E-state index contributed by atoms with van der Waals surface area (Å²) in [7, 11) is 1.59. The molecule has 1 fully saturated rings. The van der Waals surface area contributed by atoms with Gasteiger partial charge < -0.3 is 15.0 Å². The fourth-order valence-corrected chi connectivity index (χ4v) is 2.95. The maximum atomic E-state index is 12.3. The van der Waals surface area contributed by atoms with E-state index in [1.54, 1.807) is 37.5 Å². The van der Waals surface area contributed by atoms with Crippen LogP contribution in [-0.2, 0) is 4.79 Å². The average molecular weight is 350 g/mol. The van der Waals surface area contributed by atoms with E-state index in [0.29, 0.717) is 17.0 Å². The van der Waals surface area contributed by atoms with Crippen LogP contribution in [0.2, 0.25) is 0 Å². The Bertz CT molecular complexity index is 806. The van der Waals surface area contributed by atoms with E-state index in [-0.39, 0.29) is 11.8 Å². The summed E-state index contributed by atoms with van der Waals surface area (Å²) in [6.07, 6.45) is 5.30. The van der Waals surface area contributed by atoms with Gasteiger partial charge in [0.2, 0.25) is 5.91 Å². The Morgan fingerprint density at radius 2 is 1.73 bits per heavy atom. The van der Waals surface area contributed by atoms with Crippen LogP contribution in [0.1, 0.15) is 28.8 Å². The van der Waals surface area contributed by atoms with E-state index >= 15 is 0 Å². The molecule has 0 unspecified atom stereocenters. The lowest BCUT2D eigenvalue weighted by Crippen LogP contribution is -2.27. The quantitative estimate of drug-likeness (QED) is 0.839. The van der Waals surface area contributed by atoms with Gasteiger partial charge in [0.25, 0.3) is 5.91 Å². The number of hydrogen-bond donors (Lipinski definition) is 1. The third kappa shape index (κ3) is 4.30. The fraction of sp³-hybridized carbons (Fsp3) is 0.238. The molecule has 134 valence electrons. The molecule has 0 aliphatic carbocycles. The average Bonchev–Trinajstić information content (AvgIpc) is 3.21. The molecular weight excluding hydrogens is 328 g/mol. The molecule has 1 N–H and O–H groups in total. The monoisotopic (exact) mass is 350 g/mol. The lowest BCUT2D eigenvalue weighted by molar-refractivity contribution is -0.111. The lowest BCUT2D eigenvalue weighted by Gasteiger charge is -2.15. The number of likely N-dealkylation sites (tertiary alicyclic amines) is 1. The summed E-state index contributed by atoms with van der Waals surface area (Å²) in [5.41, 5.74) is 2.13. The highest BCUT2D eigenvalue weighted by Crippen LogP contribution is 2.19. The molecule has 1 saturated heterocycles. The first-order valence-electron chi connectivity index (χ1n) is 8.69. The zero-order chi connectivity index (χ0) is 18.4. The molecule has 0 spiro atoms. The molecule has 5 heteroatoms. The molecule has 2 amide bonds. The first-order chi connectivity index (χ1) is 12.7. The Labute approximate surface area is 153 Å². The third-order valence-corrected chi connectivity index (χ3v) is 4.35. The molecule has 1 heterocycles. The molecule has 5 nitrogen and oxygen atoms in total. The molecule has 0 aromatic heterocycles. The Balaban J connectivity index is 1.60. The van der Waals surface area contributed by atoms with E-state index in [1.165, 1.54) is 6.08 Å². The van der Waals surface area contributed by atoms with Crippen molar-refractivity contribution < 1.29 is 14.3 Å². The molecule has 26 heavy (non-hydrogen) atoms. The third-order valence-electron chi connectivity index (χ3n) is 4.35. The van der Waals surface area contributed by atoms with Crippen molar-refractivity contribution in [1.29, 1.82) is 0 Å². The number of anilines is 1. The number of carbonyl (C=O) groups is 2. The summed E-state index contributed by atoms with van der Waals surface area (Å²) in [6, 6.07) is 14.5. The molecule has 1 aliphatic heterocycles. The summed E-state index contributed by atoms with van der Waals surface area (Å²) < 4.78 is 5.25. The first kappa shape index (κ1) is 17.7. The van der Waals surface area contributed by atoms with Gasteiger partial charge in [-0.15, -0.1) is 0 Å². The fourth-order valence-electron chi connectivity index (χ4n) is 2.95. The van der Waals surface area contributed by atoms with Crippen LogP contribution in [0.25, 0.3) is 6.08 Å². The summed E-state index contributed by atoms with van der Waals surface area (Å²) in [6.45, 7) is 1.65. The van der Waals surface area contributed by atoms with Crippen molar-refractivity contribution in [2.24, 2.45) is 0 Å². The van der Waals surface area contributed by atoms with Crippen LogP contribution >= 0.6 is 0 Å². The van der Waals surface area contributed by atoms with Crippen LogP contribution in [-0.4, -0.2) is 36.9 Å². The largest absolute Gasteiger partial charge is 0.496 e. The molecule has 3 rings (SSSR count). The molecule has 0 atom stereocenters. The Hall–Kier alpha value is -3.08. The highest BCUT2D eigenvalue weighted by Gasteiger charge is 2.19. The molecule has 2 aromatic rings. The summed E-state index contributed by atoms with van der Waals surface area (Å²) in [4.78, 5) is 26.3. The maximum Gasteiger partial charge on any atom is 0.253 e. The van der Waals surface area contributed by atoms with Crippen LogP contribution in [0, 0.1) is 0 Å². The van der Waals surface area contributed by atoms with E-state index in [4.69, 9.17) is 4.74 Å². The van der Waals surface area contributed by atoms with Crippen LogP contribution in [0.4, 0.5) is 5.69 Å². The lowest BCUT2D eigenvalue weighted by atomic mass is 10.1. The Morgan fingerprint density at radius 1 is 1.04 bits per heavy atom. The predicted molar refractivity (Wildman–Crippen MR) is 102 cm³/mol. The van der Waals surface area contributed by atoms with E-state index < -0.39 is 0 Å². The van der Waals surface area contributed by atoms with Crippen molar-refractivity contribution in [3.63, 3.8) is 0 Å². The maximum absolute atomic E-state index is 12.3. The van der Waals surface area contributed by atoms with Gasteiger partial charge >= 0.3 is 0 Å². The standard InChI is InChI=1S/C21H22N2O3/c1-26-19-7-3-2-6-16(19)10-13-20(24)22-18-11-8-17(9-12-18)21(25)23-14-4-5-15-23/h2-3,6-13H,4-5,14-15H2,1H3,(H,22,24). The van der Waals surface area contributed by atoms with E-state index in [2.05, 4.69) is 5.32 Å². The van der Waals surface area contributed by atoms with Gasteiger partial charge in [-0.05, 0) is 49.2 Å². The van der Waals surface area contributed by atoms with Gasteiger partial charge in [-0.2, -0.15) is 0 Å². The molecule has 0 radical (unpaired) electrons. The number of ether oxygens (including phenoxy) is 1. The van der Waals surface area contributed by atoms with Gasteiger partial charge in [-0.25, -0.2) is 0 Å². The number of nitrogens with zero attached hydrogens (tertiary/aromatic N) is 1. The van der Waals surface area contributed by atoms with Gasteiger partial charge in [-0.1, -0.05) is 18.2 Å². The second-order valence-corrected chi connectivity index (χ2v) is 6.14. The highest BCUT2D eigenvalue weighted by atomic mass is 16.5. The van der Waals surface area contributed by atoms with Crippen LogP contribution in [0.3, 0.4) is 0 Å². The number of nitrogens with one attached hydrogen (secondary N) is 1. The van der Waals surface area contributed by atoms with Crippen molar-refractivity contribution in [2.45, 2.75) is 12.8 Å². The minimum atomic E-state index is -0.241. The van der Waals surface area contributed by atoms with Crippen molar-refractivity contribution in [3.8, 4) is 5.75 Å². The highest BCUT2D eigenvalue weighted by molar-refractivity contribution is 6.02. The number of rotatable bonds is 5. The normalized spacial score (nSPS) is 13.8. The van der Waals surface area contributed by atoms with Crippen molar-refractivity contribution >= 4 is 23.6 Å². The summed E-state index contributed by atoms with van der Waals surface area (Å²) >= 11 is 0. The molecular formula is C21H22N2O3. The van der Waals surface area contributed by atoms with Crippen LogP contribution < -0.4 is 10.1 Å². The van der Waals surface area contributed by atoms with Gasteiger partial charge in [0.05, 0.1) is 7.11 Å². The van der Waals surface area contributed by atoms with Gasteiger partial charge in [0, 0.05) is 36.0 Å². The van der Waals surface area contributed by atoms with Crippen LogP contribution in [0.5, 0.6) is 5.75 Å². The zero-order valence-electron chi connectivity index (χ0n) is 14.8. The first-order valence-corrected chi connectivity index (χ1v) is 8.69. The number of hydrogen-bond acceptors (Lipinski definition) is 3. The Kier molecular flexibility index (Phi) is 5.69. The van der Waals surface area contributed by atoms with Crippen molar-refractivity contribution in [1.82, 2.24) is 4.90 Å². The summed E-state index contributed by atoms with van der Waals surface area (Å²) in [5, 5.41) is 2.79. The number of benzene rings is 2.